The van der Waals surface area contributed by atoms with Crippen LogP contribution in [0.25, 0.3) is 0 Å². The topological polar surface area (TPSA) is 89.5 Å². The largest absolute Gasteiger partial charge is 0.492 e. The van der Waals surface area contributed by atoms with E-state index in [0.717, 1.165) is 18.0 Å². The van der Waals surface area contributed by atoms with Crippen LogP contribution in [0.5, 0.6) is 5.75 Å². The molecule has 0 fully saturated rings. The third-order valence-corrected chi connectivity index (χ3v) is 3.44. The predicted molar refractivity (Wildman–Crippen MR) is 75.8 cm³/mol. The second-order valence-corrected chi connectivity index (χ2v) is 4.73. The number of nitrogen functional groups attached to an aromatic ring is 1. The van der Waals surface area contributed by atoms with Gasteiger partial charge in [0, 0.05) is 20.3 Å². The fraction of sp³-hybridized carbons (Fsp3) is 0.583. The smallest absolute Gasteiger partial charge is 0.177 e. The van der Waals surface area contributed by atoms with Gasteiger partial charge in [0.1, 0.15) is 21.6 Å². The highest BCUT2D eigenvalue weighted by molar-refractivity contribution is 7.17. The Balaban J connectivity index is 2.35. The van der Waals surface area contributed by atoms with Gasteiger partial charge in [0.2, 0.25) is 0 Å². The molecule has 0 aliphatic heterocycles. The molecule has 0 saturated heterocycles. The Bertz CT molecular complexity index is 429. The number of thiophene rings is 1. The van der Waals surface area contributed by atoms with E-state index in [9.17, 15) is 0 Å². The van der Waals surface area contributed by atoms with Gasteiger partial charge < -0.3 is 25.3 Å². The quantitative estimate of drug-likeness (QED) is 0.671. The SMILES string of the molecule is COCCOCCCNc1sc(C#N)c(N)c1OC. The molecule has 0 unspecified atom stereocenters. The normalized spacial score (nSPS) is 10.2. The van der Waals surface area contributed by atoms with Crippen LogP contribution in [-0.4, -0.2) is 40.6 Å². The summed E-state index contributed by atoms with van der Waals surface area (Å²) < 4.78 is 15.4. The number of hydrogen-bond acceptors (Lipinski definition) is 7. The molecule has 0 spiro atoms. The molecule has 3 N–H and O–H groups in total. The molecule has 6 nitrogen and oxygen atoms in total. The molecule has 1 aromatic heterocycles. The van der Waals surface area contributed by atoms with Crippen molar-refractivity contribution >= 4 is 22.0 Å². The van der Waals surface area contributed by atoms with Crippen LogP contribution >= 0.6 is 11.3 Å². The van der Waals surface area contributed by atoms with Gasteiger partial charge in [-0.2, -0.15) is 5.26 Å². The van der Waals surface area contributed by atoms with Gasteiger partial charge in [-0.3, -0.25) is 0 Å². The highest BCUT2D eigenvalue weighted by atomic mass is 32.1. The lowest BCUT2D eigenvalue weighted by Gasteiger charge is -2.07. The molecule has 1 rings (SSSR count). The summed E-state index contributed by atoms with van der Waals surface area (Å²) in [7, 11) is 3.18. The molecule has 0 aromatic carbocycles. The molecule has 0 atom stereocenters. The molecular formula is C12H19N3O3S. The maximum atomic E-state index is 8.91. The molecule has 1 aromatic rings. The van der Waals surface area contributed by atoms with Gasteiger partial charge in [0.15, 0.2) is 5.75 Å². The maximum Gasteiger partial charge on any atom is 0.177 e. The molecule has 0 radical (unpaired) electrons. The highest BCUT2D eigenvalue weighted by Crippen LogP contribution is 2.41. The Kier molecular flexibility index (Phi) is 7.03. The summed E-state index contributed by atoms with van der Waals surface area (Å²) in [4.78, 5) is 0.468. The van der Waals surface area contributed by atoms with Crippen LogP contribution in [-0.2, 0) is 9.47 Å². The average Bonchev–Trinajstić information content (AvgIpc) is 2.73. The van der Waals surface area contributed by atoms with E-state index in [-0.39, 0.29) is 0 Å². The third kappa shape index (κ3) is 4.59. The number of anilines is 2. The summed E-state index contributed by atoms with van der Waals surface area (Å²) in [5, 5.41) is 12.9. The number of hydrogen-bond donors (Lipinski definition) is 2. The van der Waals surface area contributed by atoms with Gasteiger partial charge in [-0.15, -0.1) is 11.3 Å². The van der Waals surface area contributed by atoms with E-state index in [1.54, 1.807) is 14.2 Å². The second-order valence-electron chi connectivity index (χ2n) is 3.70. The lowest BCUT2D eigenvalue weighted by atomic mass is 10.3. The van der Waals surface area contributed by atoms with Crippen molar-refractivity contribution in [2.45, 2.75) is 6.42 Å². The van der Waals surface area contributed by atoms with Crippen LogP contribution in [0, 0.1) is 11.3 Å². The van der Waals surface area contributed by atoms with E-state index in [4.69, 9.17) is 25.2 Å². The number of nitrogens with two attached hydrogens (primary N) is 1. The zero-order valence-corrected chi connectivity index (χ0v) is 12.0. The third-order valence-electron chi connectivity index (χ3n) is 2.39. The van der Waals surface area contributed by atoms with Crippen LogP contribution in [0.2, 0.25) is 0 Å². The lowest BCUT2D eigenvalue weighted by molar-refractivity contribution is 0.0705. The van der Waals surface area contributed by atoms with E-state index in [2.05, 4.69) is 11.4 Å². The number of nitrogens with zero attached hydrogens (tertiary/aromatic N) is 1. The molecule has 7 heteroatoms. The number of nitrogens with one attached hydrogen (secondary N) is 1. The van der Waals surface area contributed by atoms with Crippen molar-refractivity contribution < 1.29 is 14.2 Å². The zero-order valence-electron chi connectivity index (χ0n) is 11.2. The lowest BCUT2D eigenvalue weighted by Crippen LogP contribution is -2.08. The number of nitriles is 1. The van der Waals surface area contributed by atoms with Gasteiger partial charge in [-0.25, -0.2) is 0 Å². The fourth-order valence-corrected chi connectivity index (χ4v) is 2.36. The first kappa shape index (κ1) is 15.6. The van der Waals surface area contributed by atoms with E-state index in [1.807, 2.05) is 0 Å². The molecule has 0 amide bonds. The minimum absolute atomic E-state index is 0.397. The van der Waals surface area contributed by atoms with Crippen molar-refractivity contribution in [3.8, 4) is 11.8 Å². The molecule has 0 aliphatic rings. The van der Waals surface area contributed by atoms with Crippen LogP contribution < -0.4 is 15.8 Å². The summed E-state index contributed by atoms with van der Waals surface area (Å²) in [5.74, 6) is 0.543. The maximum absolute atomic E-state index is 8.91. The van der Waals surface area contributed by atoms with Gasteiger partial charge >= 0.3 is 0 Å². The van der Waals surface area contributed by atoms with Gasteiger partial charge in [0.05, 0.1) is 20.3 Å². The van der Waals surface area contributed by atoms with Crippen molar-refractivity contribution in [1.82, 2.24) is 0 Å². The van der Waals surface area contributed by atoms with Crippen molar-refractivity contribution in [1.29, 1.82) is 5.26 Å². The zero-order chi connectivity index (χ0) is 14.1. The summed E-state index contributed by atoms with van der Waals surface area (Å²) in [6, 6.07) is 2.05. The van der Waals surface area contributed by atoms with Crippen molar-refractivity contribution in [3.63, 3.8) is 0 Å². The first-order chi connectivity index (χ1) is 9.24. The Morgan fingerprint density at radius 3 is 2.74 bits per heavy atom. The Labute approximate surface area is 117 Å². The van der Waals surface area contributed by atoms with E-state index in [0.29, 0.717) is 36.1 Å². The fourth-order valence-electron chi connectivity index (χ4n) is 1.45. The monoisotopic (exact) mass is 285 g/mol. The highest BCUT2D eigenvalue weighted by Gasteiger charge is 2.15. The van der Waals surface area contributed by atoms with Crippen LogP contribution in [0.1, 0.15) is 11.3 Å². The minimum atomic E-state index is 0.397. The molecule has 106 valence electrons. The summed E-state index contributed by atoms with van der Waals surface area (Å²) >= 11 is 1.30. The van der Waals surface area contributed by atoms with Crippen molar-refractivity contribution in [2.75, 3.05) is 51.6 Å². The Morgan fingerprint density at radius 1 is 1.32 bits per heavy atom. The van der Waals surface area contributed by atoms with Gasteiger partial charge in [0.25, 0.3) is 0 Å². The first-order valence-electron chi connectivity index (χ1n) is 5.91. The van der Waals surface area contributed by atoms with Gasteiger partial charge in [-0.05, 0) is 6.42 Å². The van der Waals surface area contributed by atoms with E-state index < -0.39 is 0 Å². The summed E-state index contributed by atoms with van der Waals surface area (Å²) in [6.07, 6.45) is 0.854. The van der Waals surface area contributed by atoms with Gasteiger partial charge in [-0.1, -0.05) is 0 Å². The minimum Gasteiger partial charge on any atom is -0.492 e. The summed E-state index contributed by atoms with van der Waals surface area (Å²) in [6.45, 7) is 2.59. The number of ether oxygens (including phenoxy) is 3. The second kappa shape index (κ2) is 8.58. The Hall–Kier alpha value is -1.49. The molecule has 0 saturated carbocycles. The standard InChI is InChI=1S/C12H19N3O3S/c1-16-6-7-18-5-3-4-15-12-11(17-2)10(14)9(8-13)19-12/h15H,3-7,14H2,1-2H3. The average molecular weight is 285 g/mol. The van der Waals surface area contributed by atoms with E-state index in [1.165, 1.54) is 11.3 Å². The van der Waals surface area contributed by atoms with Crippen molar-refractivity contribution in [2.24, 2.45) is 0 Å². The summed E-state index contributed by atoms with van der Waals surface area (Å²) in [5.41, 5.74) is 6.19. The van der Waals surface area contributed by atoms with Crippen LogP contribution in [0.4, 0.5) is 10.7 Å². The number of rotatable bonds is 9. The first-order valence-corrected chi connectivity index (χ1v) is 6.73. The van der Waals surface area contributed by atoms with Crippen LogP contribution in [0.3, 0.4) is 0 Å². The van der Waals surface area contributed by atoms with E-state index >= 15 is 0 Å². The molecular weight excluding hydrogens is 266 g/mol. The van der Waals surface area contributed by atoms with Crippen LogP contribution in [0.15, 0.2) is 0 Å². The molecule has 1 heterocycles. The molecule has 0 bridgehead atoms. The van der Waals surface area contributed by atoms with Crippen molar-refractivity contribution in [3.05, 3.63) is 4.88 Å². The predicted octanol–water partition coefficient (Wildman–Crippen LogP) is 1.68. The number of methoxy groups -OCH3 is 2. The molecule has 19 heavy (non-hydrogen) atoms. The Morgan fingerprint density at radius 2 is 2.11 bits per heavy atom. The molecule has 0 aliphatic carbocycles.